The van der Waals surface area contributed by atoms with Gasteiger partial charge < -0.3 is 29.4 Å². The van der Waals surface area contributed by atoms with E-state index in [1.54, 1.807) is 18.2 Å². The molecule has 0 radical (unpaired) electrons. The number of piperazine rings is 1. The highest BCUT2D eigenvalue weighted by molar-refractivity contribution is 6.33. The molecule has 1 saturated heterocycles. The Hall–Kier alpha value is -4.29. The van der Waals surface area contributed by atoms with Crippen molar-refractivity contribution < 1.29 is 17.9 Å². The third-order valence-corrected chi connectivity index (χ3v) is 7.32. The highest BCUT2D eigenvalue weighted by Crippen LogP contribution is 2.33. The Morgan fingerprint density at radius 2 is 1.73 bits per heavy atom. The molecular weight excluding hydrogens is 557 g/mol. The summed E-state index contributed by atoms with van der Waals surface area (Å²) in [5.74, 6) is 1.50. The number of aromatic amines is 1. The maximum absolute atomic E-state index is 12.9. The summed E-state index contributed by atoms with van der Waals surface area (Å²) in [5, 5.41) is 3.93. The van der Waals surface area contributed by atoms with Crippen molar-refractivity contribution in [3.05, 3.63) is 71.6 Å². The van der Waals surface area contributed by atoms with Crippen LogP contribution >= 0.6 is 11.6 Å². The molecule has 2 aromatic carbocycles. The molecule has 1 aliphatic rings. The molecular formula is C28H26ClF3N8O. The second-order valence-corrected chi connectivity index (χ2v) is 10.3. The number of likely N-dealkylation sites (N-methyl/N-ethyl adjacent to an activating group) is 1. The number of nitrogens with one attached hydrogen (secondary N) is 2. The summed E-state index contributed by atoms with van der Waals surface area (Å²) in [6.45, 7) is 3.94. The fourth-order valence-electron chi connectivity index (χ4n) is 4.68. The van der Waals surface area contributed by atoms with Gasteiger partial charge in [0.05, 0.1) is 27.9 Å². The quantitative estimate of drug-likeness (QED) is 0.242. The normalized spacial score (nSPS) is 14.5. The van der Waals surface area contributed by atoms with Gasteiger partial charge in [-0.15, -0.1) is 0 Å². The van der Waals surface area contributed by atoms with Crippen LogP contribution in [0.15, 0.2) is 60.9 Å². The van der Waals surface area contributed by atoms with E-state index in [1.165, 1.54) is 12.3 Å². The molecule has 1 aliphatic heterocycles. The minimum Gasteiger partial charge on any atom is -0.457 e. The first-order valence-corrected chi connectivity index (χ1v) is 13.2. The highest BCUT2D eigenvalue weighted by Gasteiger charge is 2.33. The van der Waals surface area contributed by atoms with Gasteiger partial charge in [0.25, 0.3) is 0 Å². The van der Waals surface area contributed by atoms with Crippen LogP contribution < -0.4 is 15.0 Å². The van der Waals surface area contributed by atoms with Crippen LogP contribution in [0.25, 0.3) is 22.6 Å². The Balaban J connectivity index is 1.19. The van der Waals surface area contributed by atoms with E-state index in [4.69, 9.17) is 21.3 Å². The van der Waals surface area contributed by atoms with Gasteiger partial charge in [0, 0.05) is 57.2 Å². The third kappa shape index (κ3) is 5.66. The van der Waals surface area contributed by atoms with E-state index < -0.39 is 11.9 Å². The first-order chi connectivity index (χ1) is 19.6. The van der Waals surface area contributed by atoms with Crippen molar-refractivity contribution in [2.24, 2.45) is 7.05 Å². The Labute approximate surface area is 238 Å². The SMILES string of the molecule is CN1CCN(c2ccc(Nc3nc4cc(Oc5ccnc(-c6ncc(C(F)(F)F)[nH]6)c5)ccc4n3C)c(Cl)c2)CC1. The van der Waals surface area contributed by atoms with E-state index in [2.05, 4.69) is 43.2 Å². The van der Waals surface area contributed by atoms with Crippen LogP contribution in [0.3, 0.4) is 0 Å². The van der Waals surface area contributed by atoms with Crippen molar-refractivity contribution in [3.8, 4) is 23.0 Å². The number of hydrogen-bond acceptors (Lipinski definition) is 7. The zero-order valence-electron chi connectivity index (χ0n) is 22.2. The number of alkyl halides is 3. The number of rotatable bonds is 6. The Bertz CT molecular complexity index is 1710. The summed E-state index contributed by atoms with van der Waals surface area (Å²) in [5.41, 5.74) is 2.67. The highest BCUT2D eigenvalue weighted by atomic mass is 35.5. The van der Waals surface area contributed by atoms with Crippen LogP contribution in [-0.4, -0.2) is 62.6 Å². The average Bonchev–Trinajstić information content (AvgIpc) is 3.56. The van der Waals surface area contributed by atoms with Gasteiger partial charge in [-0.3, -0.25) is 4.98 Å². The van der Waals surface area contributed by atoms with Crippen LogP contribution in [0.5, 0.6) is 11.5 Å². The van der Waals surface area contributed by atoms with Gasteiger partial charge in [-0.1, -0.05) is 11.6 Å². The first kappa shape index (κ1) is 26.9. The van der Waals surface area contributed by atoms with Crippen molar-refractivity contribution in [1.82, 2.24) is 29.4 Å². The molecule has 3 aromatic heterocycles. The zero-order valence-corrected chi connectivity index (χ0v) is 23.0. The molecule has 0 unspecified atom stereocenters. The van der Waals surface area contributed by atoms with Crippen LogP contribution in [-0.2, 0) is 13.2 Å². The summed E-state index contributed by atoms with van der Waals surface area (Å²) < 4.78 is 46.7. The molecule has 0 atom stereocenters. The number of H-pyrrole nitrogens is 1. The number of aryl methyl sites for hydroxylation is 1. The lowest BCUT2D eigenvalue weighted by atomic mass is 10.2. The molecule has 6 rings (SSSR count). The maximum Gasteiger partial charge on any atom is 0.432 e. The van der Waals surface area contributed by atoms with Gasteiger partial charge in [-0.05, 0) is 43.4 Å². The van der Waals surface area contributed by atoms with Crippen LogP contribution in [0, 0.1) is 0 Å². The summed E-state index contributed by atoms with van der Waals surface area (Å²) in [6, 6.07) is 14.6. The predicted octanol–water partition coefficient (Wildman–Crippen LogP) is 6.32. The predicted molar refractivity (Wildman–Crippen MR) is 152 cm³/mol. The molecule has 13 heteroatoms. The molecule has 212 valence electrons. The number of halogens is 4. The largest absolute Gasteiger partial charge is 0.457 e. The van der Waals surface area contributed by atoms with Crippen molar-refractivity contribution in [1.29, 1.82) is 0 Å². The second-order valence-electron chi connectivity index (χ2n) is 9.85. The molecule has 0 aliphatic carbocycles. The lowest BCUT2D eigenvalue weighted by Crippen LogP contribution is -2.44. The number of ether oxygens (including phenoxy) is 1. The maximum atomic E-state index is 12.9. The second kappa shape index (κ2) is 10.6. The number of anilines is 3. The molecule has 9 nitrogen and oxygen atoms in total. The van der Waals surface area contributed by atoms with Gasteiger partial charge in [-0.25, -0.2) is 9.97 Å². The average molecular weight is 583 g/mol. The van der Waals surface area contributed by atoms with Crippen LogP contribution in [0.1, 0.15) is 5.69 Å². The molecule has 1 fully saturated rings. The molecule has 0 bridgehead atoms. The Kier molecular flexibility index (Phi) is 6.96. The number of nitrogens with zero attached hydrogens (tertiary/aromatic N) is 6. The van der Waals surface area contributed by atoms with Gasteiger partial charge in [0.2, 0.25) is 5.95 Å². The standard InChI is InChI=1S/C28H26ClF3N8O/c1-38-9-11-40(12-10-38)17-3-5-21(20(29)13-17)35-27-36-22-14-18(4-6-24(22)39(27)2)41-19-7-8-33-23(15-19)26-34-16-25(37-26)28(30,31)32/h3-8,13-16H,9-12H2,1-2H3,(H,34,37)(H,35,36). The number of pyridine rings is 1. The van der Waals surface area contributed by atoms with E-state index in [0.717, 1.165) is 49.3 Å². The van der Waals surface area contributed by atoms with Crippen LogP contribution in [0.4, 0.5) is 30.5 Å². The molecule has 0 saturated carbocycles. The minimum absolute atomic E-state index is 0.00565. The number of hydrogen-bond donors (Lipinski definition) is 2. The summed E-state index contributed by atoms with van der Waals surface area (Å²) >= 11 is 6.65. The van der Waals surface area contributed by atoms with Gasteiger partial charge >= 0.3 is 6.18 Å². The molecule has 0 amide bonds. The van der Waals surface area contributed by atoms with E-state index in [0.29, 0.717) is 28.0 Å². The zero-order chi connectivity index (χ0) is 28.7. The minimum atomic E-state index is -4.52. The fourth-order valence-corrected chi connectivity index (χ4v) is 4.90. The molecule has 4 heterocycles. The summed E-state index contributed by atoms with van der Waals surface area (Å²) in [4.78, 5) is 19.5. The molecule has 0 spiro atoms. The lowest BCUT2D eigenvalue weighted by Gasteiger charge is -2.34. The first-order valence-electron chi connectivity index (χ1n) is 12.9. The Morgan fingerprint density at radius 1 is 0.951 bits per heavy atom. The van der Waals surface area contributed by atoms with Crippen molar-refractivity contribution in [3.63, 3.8) is 0 Å². The summed E-state index contributed by atoms with van der Waals surface area (Å²) in [7, 11) is 4.03. The number of fused-ring (bicyclic) bond motifs is 1. The fraction of sp³-hybridized carbons (Fsp3) is 0.250. The Morgan fingerprint density at radius 3 is 2.46 bits per heavy atom. The van der Waals surface area contributed by atoms with E-state index >= 15 is 0 Å². The number of aromatic nitrogens is 5. The monoisotopic (exact) mass is 582 g/mol. The van der Waals surface area contributed by atoms with Crippen molar-refractivity contribution in [2.45, 2.75) is 6.18 Å². The van der Waals surface area contributed by atoms with E-state index in [1.807, 2.05) is 29.8 Å². The van der Waals surface area contributed by atoms with Gasteiger partial charge in [0.15, 0.2) is 5.82 Å². The smallest absolute Gasteiger partial charge is 0.432 e. The van der Waals surface area contributed by atoms with Crippen molar-refractivity contribution >= 4 is 40.0 Å². The van der Waals surface area contributed by atoms with Gasteiger partial charge in [0.1, 0.15) is 22.9 Å². The molecule has 2 N–H and O–H groups in total. The van der Waals surface area contributed by atoms with E-state index in [9.17, 15) is 13.2 Å². The van der Waals surface area contributed by atoms with Gasteiger partial charge in [-0.2, -0.15) is 13.2 Å². The lowest BCUT2D eigenvalue weighted by molar-refractivity contribution is -0.140. The molecule has 5 aromatic rings. The number of imidazole rings is 2. The third-order valence-electron chi connectivity index (χ3n) is 7.01. The van der Waals surface area contributed by atoms with Crippen LogP contribution in [0.2, 0.25) is 5.02 Å². The van der Waals surface area contributed by atoms with E-state index in [-0.39, 0.29) is 11.5 Å². The molecule has 41 heavy (non-hydrogen) atoms. The van der Waals surface area contributed by atoms with Crippen molar-refractivity contribution in [2.75, 3.05) is 43.4 Å². The topological polar surface area (TPSA) is 87.1 Å². The summed E-state index contributed by atoms with van der Waals surface area (Å²) in [6.07, 6.45) is -2.34. The number of benzene rings is 2.